The maximum atomic E-state index is 13.2. The fourth-order valence-corrected chi connectivity index (χ4v) is 4.94. The molecule has 1 aliphatic carbocycles. The van der Waals surface area contributed by atoms with Gasteiger partial charge in [0, 0.05) is 23.5 Å². The maximum absolute atomic E-state index is 13.2. The minimum atomic E-state index is -0.400. The predicted octanol–water partition coefficient (Wildman–Crippen LogP) is 3.76. The number of nitrogen functional groups attached to an aromatic ring is 1. The Kier molecular flexibility index (Phi) is 7.64. The number of pyridine rings is 2. The Labute approximate surface area is 235 Å². The van der Waals surface area contributed by atoms with Crippen LogP contribution in [-0.2, 0) is 20.7 Å². The molecule has 5 rings (SSSR count). The van der Waals surface area contributed by atoms with Crippen molar-refractivity contribution in [3.05, 3.63) is 71.7 Å². The minimum absolute atomic E-state index is 0.105. The Morgan fingerprint density at radius 1 is 1.07 bits per heavy atom. The average molecular weight is 539 g/mol. The summed E-state index contributed by atoms with van der Waals surface area (Å²) in [4.78, 5) is 21.5. The fraction of sp³-hybridized carbons (Fsp3) is 0.400. The number of ether oxygens (including phenoxy) is 1. The van der Waals surface area contributed by atoms with Crippen molar-refractivity contribution in [2.45, 2.75) is 76.9 Å². The molecule has 0 spiro atoms. The number of amides is 1. The van der Waals surface area contributed by atoms with Gasteiger partial charge in [0.05, 0.1) is 35.5 Å². The monoisotopic (exact) mass is 539 g/mol. The lowest BCUT2D eigenvalue weighted by atomic mass is 9.79. The molecule has 2 aromatic heterocycles. The Morgan fingerprint density at radius 3 is 2.42 bits per heavy atom. The van der Waals surface area contributed by atoms with Crippen LogP contribution in [0.4, 0.5) is 5.82 Å². The number of nitrogens with one attached hydrogen (secondary N) is 1. The Hall–Kier alpha value is -3.78. The molecule has 3 N–H and O–H groups in total. The highest BCUT2D eigenvalue weighted by Crippen LogP contribution is 2.36. The maximum Gasteiger partial charge on any atom is 0.494 e. The Bertz CT molecular complexity index is 1400. The lowest BCUT2D eigenvalue weighted by molar-refractivity contribution is 0.00578. The molecule has 1 aromatic carbocycles. The van der Waals surface area contributed by atoms with E-state index >= 15 is 0 Å². The highest BCUT2D eigenvalue weighted by atomic mass is 16.7. The average Bonchev–Trinajstić information content (AvgIpc) is 3.47. The molecule has 3 heterocycles. The first-order chi connectivity index (χ1) is 19.1. The van der Waals surface area contributed by atoms with Gasteiger partial charge in [-0.3, -0.25) is 4.79 Å². The smallest absolute Gasteiger partial charge is 0.399 e. The van der Waals surface area contributed by atoms with Crippen LogP contribution in [0, 0.1) is 11.3 Å². The molecular formula is C30H34BN5O4. The topological polar surface area (TPSA) is 132 Å². The summed E-state index contributed by atoms with van der Waals surface area (Å²) in [7, 11) is -0.400. The number of anilines is 1. The van der Waals surface area contributed by atoms with Gasteiger partial charge in [0.1, 0.15) is 17.6 Å². The first kappa shape index (κ1) is 27.8. The van der Waals surface area contributed by atoms with E-state index in [-0.39, 0.29) is 35.1 Å². The second kappa shape index (κ2) is 11.0. The van der Waals surface area contributed by atoms with E-state index in [4.69, 9.17) is 25.0 Å². The van der Waals surface area contributed by atoms with Crippen LogP contribution >= 0.6 is 0 Å². The molecule has 1 amide bonds. The van der Waals surface area contributed by atoms with Crippen LogP contribution in [0.2, 0.25) is 0 Å². The van der Waals surface area contributed by atoms with Gasteiger partial charge in [0.25, 0.3) is 5.91 Å². The first-order valence-electron chi connectivity index (χ1n) is 13.6. The number of aromatic nitrogens is 2. The van der Waals surface area contributed by atoms with Crippen LogP contribution in [0.1, 0.15) is 68.6 Å². The number of carbonyl (C=O) groups excluding carboxylic acids is 1. The largest absolute Gasteiger partial charge is 0.494 e. The molecule has 9 nitrogen and oxygen atoms in total. The second-order valence-corrected chi connectivity index (χ2v) is 11.4. The summed E-state index contributed by atoms with van der Waals surface area (Å²) < 4.78 is 18.6. The number of hydrogen-bond donors (Lipinski definition) is 2. The normalized spacial score (nSPS) is 21.2. The van der Waals surface area contributed by atoms with Crippen molar-refractivity contribution >= 4 is 24.3 Å². The second-order valence-electron chi connectivity index (χ2n) is 11.4. The van der Waals surface area contributed by atoms with Crippen LogP contribution in [0.5, 0.6) is 0 Å². The molecule has 0 radical (unpaired) electrons. The molecule has 0 bridgehead atoms. The summed E-state index contributed by atoms with van der Waals surface area (Å²) in [6.45, 7) is 8.60. The van der Waals surface area contributed by atoms with E-state index in [0.717, 1.165) is 35.9 Å². The van der Waals surface area contributed by atoms with Gasteiger partial charge in [-0.05, 0) is 76.2 Å². The molecule has 2 aliphatic rings. The number of nitrogens with zero attached hydrogens (tertiary/aromatic N) is 3. The van der Waals surface area contributed by atoms with E-state index < -0.39 is 7.12 Å². The van der Waals surface area contributed by atoms with Crippen molar-refractivity contribution in [2.24, 2.45) is 0 Å². The zero-order valence-corrected chi connectivity index (χ0v) is 23.3. The van der Waals surface area contributed by atoms with Gasteiger partial charge in [0.2, 0.25) is 0 Å². The summed E-state index contributed by atoms with van der Waals surface area (Å²) in [5.41, 5.74) is 9.35. The third-order valence-corrected chi connectivity index (χ3v) is 8.11. The van der Waals surface area contributed by atoms with E-state index in [1.807, 2.05) is 58.0 Å². The molecule has 2 atom stereocenters. The number of hydrogen-bond acceptors (Lipinski definition) is 8. The summed E-state index contributed by atoms with van der Waals surface area (Å²) >= 11 is 0. The minimum Gasteiger partial charge on any atom is -0.399 e. The number of benzene rings is 1. The Morgan fingerprint density at radius 2 is 1.77 bits per heavy atom. The molecule has 2 fully saturated rings. The summed E-state index contributed by atoms with van der Waals surface area (Å²) in [5, 5.41) is 12.1. The first-order valence-corrected chi connectivity index (χ1v) is 13.6. The molecule has 1 saturated carbocycles. The zero-order chi connectivity index (χ0) is 28.5. The van der Waals surface area contributed by atoms with Crippen molar-refractivity contribution in [3.8, 4) is 17.2 Å². The van der Waals surface area contributed by atoms with Crippen molar-refractivity contribution in [1.29, 1.82) is 5.26 Å². The summed E-state index contributed by atoms with van der Waals surface area (Å²) in [6, 6.07) is 15.0. The zero-order valence-electron chi connectivity index (χ0n) is 23.3. The molecule has 1 aliphatic heterocycles. The van der Waals surface area contributed by atoms with E-state index in [2.05, 4.69) is 15.3 Å². The highest BCUT2D eigenvalue weighted by molar-refractivity contribution is 6.62. The quantitative estimate of drug-likeness (QED) is 0.434. The summed E-state index contributed by atoms with van der Waals surface area (Å²) in [5.74, 6) is -0.138. The van der Waals surface area contributed by atoms with Crippen molar-refractivity contribution in [1.82, 2.24) is 15.3 Å². The van der Waals surface area contributed by atoms with Crippen molar-refractivity contribution in [3.63, 3.8) is 0 Å². The molecular weight excluding hydrogens is 505 g/mol. The SMILES string of the molecule is CC1(C)OB(c2ccc(CO[C@H]3CCC[C@@H]3NC(=O)c3cc(-c4ccc(C#N)nc4)cnc3N)cc2)OC1(C)C. The molecule has 10 heteroatoms. The van der Waals surface area contributed by atoms with Gasteiger partial charge in [0.15, 0.2) is 0 Å². The van der Waals surface area contributed by atoms with Gasteiger partial charge >= 0.3 is 7.12 Å². The van der Waals surface area contributed by atoms with Gasteiger partial charge < -0.3 is 25.1 Å². The lowest BCUT2D eigenvalue weighted by Crippen LogP contribution is -2.41. The third-order valence-electron chi connectivity index (χ3n) is 8.11. The van der Waals surface area contributed by atoms with Crippen LogP contribution < -0.4 is 16.5 Å². The van der Waals surface area contributed by atoms with Crippen LogP contribution in [-0.4, -0.2) is 46.3 Å². The molecule has 206 valence electrons. The molecule has 0 unspecified atom stereocenters. The van der Waals surface area contributed by atoms with E-state index in [1.165, 1.54) is 0 Å². The van der Waals surface area contributed by atoms with Crippen molar-refractivity contribution in [2.75, 3.05) is 5.73 Å². The Balaban J connectivity index is 1.19. The fourth-order valence-electron chi connectivity index (χ4n) is 4.94. The van der Waals surface area contributed by atoms with Gasteiger partial charge in [-0.15, -0.1) is 0 Å². The predicted molar refractivity (Wildman–Crippen MR) is 152 cm³/mol. The standard InChI is InChI=1S/C30H34BN5O4/c1-29(2)30(3,4)40-31(39-29)22-11-8-19(9-12-22)18-38-26-7-5-6-25(26)36-28(37)24-14-21(17-35-27(24)33)20-10-13-23(15-32)34-16-20/h8-14,16-17,25-26H,5-7,18H2,1-4H3,(H2,33,35)(H,36,37)/t25-,26-/m0/s1. The van der Waals surface area contributed by atoms with Gasteiger partial charge in [-0.2, -0.15) is 5.26 Å². The molecule has 3 aromatic rings. The van der Waals surface area contributed by atoms with Gasteiger partial charge in [-0.1, -0.05) is 24.3 Å². The summed E-state index contributed by atoms with van der Waals surface area (Å²) in [6.07, 6.45) is 5.71. The molecule has 1 saturated heterocycles. The van der Waals surface area contributed by atoms with E-state index in [9.17, 15) is 4.79 Å². The van der Waals surface area contributed by atoms with Gasteiger partial charge in [-0.25, -0.2) is 9.97 Å². The number of carbonyl (C=O) groups is 1. The number of nitriles is 1. The van der Waals surface area contributed by atoms with E-state index in [1.54, 1.807) is 30.6 Å². The van der Waals surface area contributed by atoms with Crippen LogP contribution in [0.25, 0.3) is 11.1 Å². The number of rotatable bonds is 7. The van der Waals surface area contributed by atoms with Crippen LogP contribution in [0.15, 0.2) is 54.9 Å². The highest BCUT2D eigenvalue weighted by Gasteiger charge is 2.51. The van der Waals surface area contributed by atoms with Crippen molar-refractivity contribution < 1.29 is 18.8 Å². The lowest BCUT2D eigenvalue weighted by Gasteiger charge is -2.32. The van der Waals surface area contributed by atoms with Crippen LogP contribution in [0.3, 0.4) is 0 Å². The number of nitrogens with two attached hydrogens (primary N) is 1. The third kappa shape index (κ3) is 5.73. The van der Waals surface area contributed by atoms with E-state index in [0.29, 0.717) is 23.4 Å². The molecule has 40 heavy (non-hydrogen) atoms.